The van der Waals surface area contributed by atoms with E-state index in [-0.39, 0.29) is 0 Å². The monoisotopic (exact) mass is 250 g/mol. The summed E-state index contributed by atoms with van der Waals surface area (Å²) in [7, 11) is 0. The molecule has 2 aromatic heterocycles. The summed E-state index contributed by atoms with van der Waals surface area (Å²) >= 11 is 0. The molecule has 2 aromatic rings. The van der Waals surface area contributed by atoms with Gasteiger partial charge in [0, 0.05) is 12.5 Å². The summed E-state index contributed by atoms with van der Waals surface area (Å²) in [6.07, 6.45) is 3.34. The first kappa shape index (κ1) is 12.8. The van der Waals surface area contributed by atoms with Crippen LogP contribution in [0.1, 0.15) is 31.9 Å². The van der Waals surface area contributed by atoms with E-state index in [1.807, 2.05) is 6.92 Å². The van der Waals surface area contributed by atoms with E-state index in [0.717, 1.165) is 24.9 Å². The van der Waals surface area contributed by atoms with Crippen LogP contribution in [0, 0.1) is 6.92 Å². The van der Waals surface area contributed by atoms with E-state index in [9.17, 15) is 0 Å². The van der Waals surface area contributed by atoms with Crippen molar-refractivity contribution in [2.75, 3.05) is 6.54 Å². The molecule has 6 heteroatoms. The molecule has 98 valence electrons. The molecule has 0 aliphatic carbocycles. The van der Waals surface area contributed by atoms with Crippen molar-refractivity contribution in [3.63, 3.8) is 0 Å². The Morgan fingerprint density at radius 2 is 2.17 bits per heavy atom. The Balaban J connectivity index is 1.89. The second-order valence-corrected chi connectivity index (χ2v) is 4.51. The van der Waals surface area contributed by atoms with E-state index < -0.39 is 0 Å². The average Bonchev–Trinajstić information content (AvgIpc) is 2.92. The van der Waals surface area contributed by atoms with Crippen LogP contribution in [0.15, 0.2) is 15.1 Å². The van der Waals surface area contributed by atoms with Crippen molar-refractivity contribution in [3.05, 3.63) is 17.8 Å². The minimum Gasteiger partial charge on any atom is -0.421 e. The number of nitrogens with one attached hydrogen (secondary N) is 1. The van der Waals surface area contributed by atoms with Crippen LogP contribution in [0.5, 0.6) is 0 Å². The molecule has 0 fully saturated rings. The Kier molecular flexibility index (Phi) is 4.09. The number of hydrogen-bond donors (Lipinski definition) is 1. The van der Waals surface area contributed by atoms with E-state index >= 15 is 0 Å². The fraction of sp³-hybridized carbons (Fsp3) is 0.583. The zero-order chi connectivity index (χ0) is 13.0. The predicted octanol–water partition coefficient (Wildman–Crippen LogP) is 1.96. The van der Waals surface area contributed by atoms with Crippen LogP contribution >= 0.6 is 0 Å². The molecule has 1 N–H and O–H groups in total. The van der Waals surface area contributed by atoms with Gasteiger partial charge in [0.25, 0.3) is 5.89 Å². The van der Waals surface area contributed by atoms with Crippen LogP contribution in [0.25, 0.3) is 11.5 Å². The fourth-order valence-electron chi connectivity index (χ4n) is 1.60. The summed E-state index contributed by atoms with van der Waals surface area (Å²) in [5.74, 6) is 1.81. The predicted molar refractivity (Wildman–Crippen MR) is 66.0 cm³/mol. The van der Waals surface area contributed by atoms with Crippen LogP contribution in [-0.2, 0) is 6.42 Å². The molecule has 0 spiro atoms. The molecule has 18 heavy (non-hydrogen) atoms. The molecule has 0 unspecified atom stereocenters. The Morgan fingerprint density at radius 1 is 1.33 bits per heavy atom. The SMILES string of the molecule is Cc1oncc1-c1nnc(CCCNC(C)C)o1. The van der Waals surface area contributed by atoms with Crippen molar-refractivity contribution in [2.24, 2.45) is 0 Å². The van der Waals surface area contributed by atoms with Crippen molar-refractivity contribution in [3.8, 4) is 11.5 Å². The van der Waals surface area contributed by atoms with E-state index in [1.165, 1.54) is 0 Å². The topological polar surface area (TPSA) is 77.0 Å². The molecule has 0 aliphatic heterocycles. The lowest BCUT2D eigenvalue weighted by Gasteiger charge is -2.05. The van der Waals surface area contributed by atoms with Crippen LogP contribution in [0.2, 0.25) is 0 Å². The summed E-state index contributed by atoms with van der Waals surface area (Å²) in [5, 5.41) is 15.0. The highest BCUT2D eigenvalue weighted by Gasteiger charge is 2.13. The minimum absolute atomic E-state index is 0.473. The molecule has 0 radical (unpaired) electrons. The van der Waals surface area contributed by atoms with Gasteiger partial charge in [0.1, 0.15) is 11.3 Å². The van der Waals surface area contributed by atoms with Gasteiger partial charge >= 0.3 is 0 Å². The number of aromatic nitrogens is 3. The molecule has 0 bridgehead atoms. The zero-order valence-corrected chi connectivity index (χ0v) is 10.9. The number of nitrogens with zero attached hydrogens (tertiary/aromatic N) is 3. The van der Waals surface area contributed by atoms with E-state index in [2.05, 4.69) is 34.5 Å². The standard InChI is InChI=1S/C12H18N4O2/c1-8(2)13-6-4-5-11-15-16-12(17-11)10-7-14-18-9(10)3/h7-8,13H,4-6H2,1-3H3. The summed E-state index contributed by atoms with van der Waals surface area (Å²) in [5.41, 5.74) is 0.758. The Hall–Kier alpha value is -1.69. The molecule has 0 atom stereocenters. The highest BCUT2D eigenvalue weighted by Crippen LogP contribution is 2.21. The molecule has 6 nitrogen and oxygen atoms in total. The molecule has 0 amide bonds. The molecule has 0 aromatic carbocycles. The first-order valence-corrected chi connectivity index (χ1v) is 6.14. The van der Waals surface area contributed by atoms with Gasteiger partial charge in [-0.3, -0.25) is 0 Å². The summed E-state index contributed by atoms with van der Waals surface area (Å²) in [6.45, 7) is 7.01. The molecule has 0 aliphatic rings. The van der Waals surface area contributed by atoms with Gasteiger partial charge in [-0.1, -0.05) is 19.0 Å². The fourth-order valence-corrected chi connectivity index (χ4v) is 1.60. The molecule has 2 heterocycles. The van der Waals surface area contributed by atoms with Gasteiger partial charge in [0.15, 0.2) is 0 Å². The average molecular weight is 250 g/mol. The second-order valence-electron chi connectivity index (χ2n) is 4.51. The Bertz CT molecular complexity index is 490. The highest BCUT2D eigenvalue weighted by molar-refractivity contribution is 5.52. The number of aryl methyl sites for hydroxylation is 2. The van der Waals surface area contributed by atoms with Crippen LogP contribution in [-0.4, -0.2) is 27.9 Å². The Labute approximate surface area is 106 Å². The van der Waals surface area contributed by atoms with Crippen LogP contribution in [0.3, 0.4) is 0 Å². The van der Waals surface area contributed by atoms with Crippen LogP contribution < -0.4 is 5.32 Å². The Morgan fingerprint density at radius 3 is 2.83 bits per heavy atom. The molecular weight excluding hydrogens is 232 g/mol. The van der Waals surface area contributed by atoms with Gasteiger partial charge in [-0.05, 0) is 19.9 Å². The molecular formula is C12H18N4O2. The third-order valence-corrected chi connectivity index (χ3v) is 2.57. The van der Waals surface area contributed by atoms with Crippen molar-refractivity contribution < 1.29 is 8.94 Å². The summed E-state index contributed by atoms with van der Waals surface area (Å²) in [6, 6.07) is 0.503. The second kappa shape index (κ2) is 5.77. The van der Waals surface area contributed by atoms with Crippen molar-refractivity contribution in [1.82, 2.24) is 20.7 Å². The van der Waals surface area contributed by atoms with Crippen LogP contribution in [0.4, 0.5) is 0 Å². The van der Waals surface area contributed by atoms with E-state index in [1.54, 1.807) is 6.20 Å². The smallest absolute Gasteiger partial charge is 0.252 e. The van der Waals surface area contributed by atoms with Gasteiger partial charge in [-0.25, -0.2) is 0 Å². The third kappa shape index (κ3) is 3.16. The first-order valence-electron chi connectivity index (χ1n) is 6.14. The lowest BCUT2D eigenvalue weighted by atomic mass is 10.3. The van der Waals surface area contributed by atoms with Crippen molar-refractivity contribution >= 4 is 0 Å². The number of hydrogen-bond acceptors (Lipinski definition) is 6. The zero-order valence-electron chi connectivity index (χ0n) is 10.9. The van der Waals surface area contributed by atoms with E-state index in [0.29, 0.717) is 23.6 Å². The quantitative estimate of drug-likeness (QED) is 0.790. The van der Waals surface area contributed by atoms with E-state index in [4.69, 9.17) is 8.94 Å². The van der Waals surface area contributed by atoms with Gasteiger partial charge in [0.2, 0.25) is 5.89 Å². The summed E-state index contributed by atoms with van der Waals surface area (Å²) in [4.78, 5) is 0. The van der Waals surface area contributed by atoms with Gasteiger partial charge in [0.05, 0.1) is 6.20 Å². The minimum atomic E-state index is 0.473. The first-order chi connectivity index (χ1) is 8.66. The maximum atomic E-state index is 5.57. The third-order valence-electron chi connectivity index (χ3n) is 2.57. The normalized spacial score (nSPS) is 11.3. The highest BCUT2D eigenvalue weighted by atomic mass is 16.5. The molecule has 0 saturated heterocycles. The maximum absolute atomic E-state index is 5.57. The summed E-state index contributed by atoms with van der Waals surface area (Å²) < 4.78 is 10.5. The van der Waals surface area contributed by atoms with Gasteiger partial charge in [-0.15, -0.1) is 10.2 Å². The molecule has 2 rings (SSSR count). The van der Waals surface area contributed by atoms with Crippen molar-refractivity contribution in [2.45, 2.75) is 39.7 Å². The largest absolute Gasteiger partial charge is 0.421 e. The lowest BCUT2D eigenvalue weighted by molar-refractivity contribution is 0.397. The maximum Gasteiger partial charge on any atom is 0.252 e. The van der Waals surface area contributed by atoms with Gasteiger partial charge < -0.3 is 14.3 Å². The molecule has 0 saturated carbocycles. The number of rotatable bonds is 6. The van der Waals surface area contributed by atoms with Gasteiger partial charge in [-0.2, -0.15) is 0 Å². The van der Waals surface area contributed by atoms with Crippen molar-refractivity contribution in [1.29, 1.82) is 0 Å². The lowest BCUT2D eigenvalue weighted by Crippen LogP contribution is -2.23.